The maximum atomic E-state index is 13.1. The summed E-state index contributed by atoms with van der Waals surface area (Å²) in [7, 11) is -4.08. The van der Waals surface area contributed by atoms with Gasteiger partial charge in [0.2, 0.25) is 15.9 Å². The van der Waals surface area contributed by atoms with Crippen molar-refractivity contribution in [2.45, 2.75) is 24.3 Å². The first-order valence-corrected chi connectivity index (χ1v) is 13.0. The molecule has 2 aromatic carbocycles. The van der Waals surface area contributed by atoms with Crippen LogP contribution >= 0.6 is 35.0 Å². The molecule has 0 radical (unpaired) electrons. The number of pyridine rings is 1. The van der Waals surface area contributed by atoms with E-state index in [1.165, 1.54) is 30.0 Å². The quantitative estimate of drug-likeness (QED) is 0.462. The number of anilines is 1. The Morgan fingerprint density at radius 3 is 2.71 bits per heavy atom. The molecule has 3 aromatic rings. The number of carbonyl (C=O) groups is 1. The molecule has 0 fully saturated rings. The van der Waals surface area contributed by atoms with E-state index in [1.54, 1.807) is 18.3 Å². The van der Waals surface area contributed by atoms with Crippen LogP contribution in [0.5, 0.6) is 0 Å². The molecule has 0 aliphatic rings. The van der Waals surface area contributed by atoms with Crippen molar-refractivity contribution in [2.75, 3.05) is 17.3 Å². The third kappa shape index (κ3) is 5.70. The molecule has 3 rings (SSSR count). The van der Waals surface area contributed by atoms with Crippen molar-refractivity contribution in [3.05, 3.63) is 64.3 Å². The second kappa shape index (κ2) is 10.2. The molecule has 10 heteroatoms. The van der Waals surface area contributed by atoms with Crippen molar-refractivity contribution in [1.29, 1.82) is 0 Å². The highest BCUT2D eigenvalue weighted by Gasteiger charge is 2.27. The Kier molecular flexibility index (Phi) is 7.82. The molecule has 0 aliphatic heterocycles. The largest absolute Gasteiger partial charge is 0.324 e. The van der Waals surface area contributed by atoms with Crippen LogP contribution in [0.4, 0.5) is 5.69 Å². The second-order valence-electron chi connectivity index (χ2n) is 6.85. The summed E-state index contributed by atoms with van der Waals surface area (Å²) in [5, 5.41) is 3.88. The Bertz CT molecular complexity index is 1220. The van der Waals surface area contributed by atoms with Crippen LogP contribution in [0.15, 0.2) is 53.6 Å². The average molecular weight is 498 g/mol. The van der Waals surface area contributed by atoms with Crippen molar-refractivity contribution in [3.8, 4) is 0 Å². The Hall–Kier alpha value is -1.84. The van der Waals surface area contributed by atoms with Gasteiger partial charge in [0.1, 0.15) is 10.9 Å². The van der Waals surface area contributed by atoms with Crippen LogP contribution in [0, 0.1) is 6.92 Å². The van der Waals surface area contributed by atoms with E-state index in [2.05, 4.69) is 15.0 Å². The van der Waals surface area contributed by atoms with Crippen LogP contribution in [0.3, 0.4) is 0 Å². The molecule has 0 saturated carbocycles. The summed E-state index contributed by atoms with van der Waals surface area (Å²) in [5.74, 6) is 0.116. The topological polar surface area (TPSA) is 88.2 Å². The van der Waals surface area contributed by atoms with E-state index >= 15 is 0 Å². The predicted octanol–water partition coefficient (Wildman–Crippen LogP) is 4.89. The number of amides is 1. The lowest BCUT2D eigenvalue weighted by molar-refractivity contribution is -0.117. The lowest BCUT2D eigenvalue weighted by Crippen LogP contribution is -2.44. The van der Waals surface area contributed by atoms with Crippen molar-refractivity contribution < 1.29 is 13.2 Å². The summed E-state index contributed by atoms with van der Waals surface area (Å²) < 4.78 is 28.4. The second-order valence-corrected chi connectivity index (χ2v) is 10.4. The number of benzene rings is 2. The first-order valence-electron chi connectivity index (χ1n) is 9.34. The molecule has 0 bridgehead atoms. The number of thioether (sulfide) groups is 1. The first-order chi connectivity index (χ1) is 14.7. The zero-order valence-electron chi connectivity index (χ0n) is 16.9. The Labute approximate surface area is 195 Å². The third-order valence-electron chi connectivity index (χ3n) is 4.64. The number of sulfonamides is 1. The number of aryl methyl sites for hydroxylation is 1. The van der Waals surface area contributed by atoms with Crippen LogP contribution in [0.1, 0.15) is 12.0 Å². The molecule has 1 aromatic heterocycles. The van der Waals surface area contributed by atoms with Gasteiger partial charge in [0.25, 0.3) is 0 Å². The van der Waals surface area contributed by atoms with Crippen LogP contribution in [-0.2, 0) is 14.8 Å². The van der Waals surface area contributed by atoms with Gasteiger partial charge < -0.3 is 5.32 Å². The molecular formula is C21H21Cl2N3O3S2. The fourth-order valence-corrected chi connectivity index (χ4v) is 5.52. The van der Waals surface area contributed by atoms with Gasteiger partial charge in [-0.2, -0.15) is 16.5 Å². The lowest BCUT2D eigenvalue weighted by atomic mass is 10.1. The number of hydrogen-bond donors (Lipinski definition) is 2. The molecule has 31 heavy (non-hydrogen) atoms. The zero-order chi connectivity index (χ0) is 22.6. The summed E-state index contributed by atoms with van der Waals surface area (Å²) in [6.45, 7) is 1.94. The molecule has 0 spiro atoms. The number of carbonyl (C=O) groups excluding carboxylic acids is 1. The van der Waals surface area contributed by atoms with Crippen molar-refractivity contribution in [2.24, 2.45) is 0 Å². The van der Waals surface area contributed by atoms with Crippen molar-refractivity contribution >= 4 is 67.5 Å². The molecule has 1 atom stereocenters. The fraction of sp³-hybridized carbons (Fsp3) is 0.238. The van der Waals surface area contributed by atoms with Gasteiger partial charge in [0.15, 0.2) is 0 Å². The molecular weight excluding hydrogens is 477 g/mol. The highest BCUT2D eigenvalue weighted by molar-refractivity contribution is 7.98. The van der Waals surface area contributed by atoms with Gasteiger partial charge in [-0.3, -0.25) is 9.78 Å². The van der Waals surface area contributed by atoms with Gasteiger partial charge in [-0.25, -0.2) is 8.42 Å². The maximum absolute atomic E-state index is 13.1. The van der Waals surface area contributed by atoms with Gasteiger partial charge in [0, 0.05) is 16.6 Å². The third-order valence-corrected chi connectivity index (χ3v) is 7.47. The predicted molar refractivity (Wildman–Crippen MR) is 129 cm³/mol. The van der Waals surface area contributed by atoms with Crippen LogP contribution < -0.4 is 10.0 Å². The summed E-state index contributed by atoms with van der Waals surface area (Å²) in [5.41, 5.74) is 2.31. The van der Waals surface area contributed by atoms with Gasteiger partial charge in [-0.05, 0) is 67.3 Å². The molecule has 0 aliphatic carbocycles. The van der Waals surface area contributed by atoms with Crippen LogP contribution in [0.25, 0.3) is 10.9 Å². The average Bonchev–Trinajstić information content (AvgIpc) is 2.74. The molecule has 164 valence electrons. The summed E-state index contributed by atoms with van der Waals surface area (Å²) >= 11 is 13.5. The van der Waals surface area contributed by atoms with E-state index in [9.17, 15) is 13.2 Å². The Balaban J connectivity index is 1.90. The minimum Gasteiger partial charge on any atom is -0.324 e. The van der Waals surface area contributed by atoms with E-state index in [0.717, 1.165) is 16.5 Å². The number of aromatic nitrogens is 1. The van der Waals surface area contributed by atoms with Gasteiger partial charge in [-0.15, -0.1) is 0 Å². The van der Waals surface area contributed by atoms with Gasteiger partial charge in [0.05, 0.1) is 16.2 Å². The maximum Gasteiger partial charge on any atom is 0.242 e. The highest BCUT2D eigenvalue weighted by atomic mass is 35.5. The highest BCUT2D eigenvalue weighted by Crippen LogP contribution is 2.27. The number of halogens is 2. The van der Waals surface area contributed by atoms with E-state index in [0.29, 0.717) is 17.9 Å². The summed E-state index contributed by atoms with van der Waals surface area (Å²) in [6, 6.07) is 10.4. The number of hydrogen-bond acceptors (Lipinski definition) is 5. The smallest absolute Gasteiger partial charge is 0.242 e. The monoisotopic (exact) mass is 497 g/mol. The number of rotatable bonds is 8. The standard InChI is InChI=1S/C21H21Cl2N3O3S2/c1-13-5-8-17(15-4-3-10-24-20(13)15)25-21(27)18(9-11-30-2)26-31(28,29)19-12-14(22)6-7-16(19)23/h3-8,10,12,18,26H,9,11H2,1-2H3,(H,25,27). The molecule has 0 saturated heterocycles. The minimum absolute atomic E-state index is 0.0246. The lowest BCUT2D eigenvalue weighted by Gasteiger charge is -2.19. The minimum atomic E-state index is -4.08. The normalized spacial score (nSPS) is 12.6. The number of fused-ring (bicyclic) bond motifs is 1. The first kappa shape index (κ1) is 23.8. The van der Waals surface area contributed by atoms with Crippen molar-refractivity contribution in [1.82, 2.24) is 9.71 Å². The van der Waals surface area contributed by atoms with Gasteiger partial charge >= 0.3 is 0 Å². The Morgan fingerprint density at radius 1 is 1.19 bits per heavy atom. The number of nitrogens with one attached hydrogen (secondary N) is 2. The molecule has 6 nitrogen and oxygen atoms in total. The Morgan fingerprint density at radius 2 is 1.97 bits per heavy atom. The van der Waals surface area contributed by atoms with E-state index in [1.807, 2.05) is 25.3 Å². The summed E-state index contributed by atoms with van der Waals surface area (Å²) in [6.07, 6.45) is 3.87. The SMILES string of the molecule is CSCCC(NS(=O)(=O)c1cc(Cl)ccc1Cl)C(=O)Nc1ccc(C)c2ncccc12. The van der Waals surface area contributed by atoms with Crippen LogP contribution in [-0.4, -0.2) is 37.4 Å². The zero-order valence-corrected chi connectivity index (χ0v) is 20.0. The van der Waals surface area contributed by atoms with E-state index in [-0.39, 0.29) is 14.9 Å². The molecule has 1 heterocycles. The van der Waals surface area contributed by atoms with Crippen molar-refractivity contribution in [3.63, 3.8) is 0 Å². The van der Waals surface area contributed by atoms with Gasteiger partial charge in [-0.1, -0.05) is 29.3 Å². The molecule has 1 amide bonds. The molecule has 2 N–H and O–H groups in total. The number of nitrogens with zero attached hydrogens (tertiary/aromatic N) is 1. The van der Waals surface area contributed by atoms with E-state index < -0.39 is 22.0 Å². The molecule has 1 unspecified atom stereocenters. The summed E-state index contributed by atoms with van der Waals surface area (Å²) in [4.78, 5) is 17.3. The van der Waals surface area contributed by atoms with E-state index in [4.69, 9.17) is 23.2 Å². The van der Waals surface area contributed by atoms with Crippen LogP contribution in [0.2, 0.25) is 10.0 Å². The fourth-order valence-electron chi connectivity index (χ4n) is 3.06.